The van der Waals surface area contributed by atoms with Crippen LogP contribution in [-0.4, -0.2) is 21.6 Å². The van der Waals surface area contributed by atoms with Gasteiger partial charge in [-0.25, -0.2) is 0 Å². The average Bonchev–Trinajstić information content (AvgIpc) is 2.38. The predicted molar refractivity (Wildman–Crippen MR) is 66.2 cm³/mol. The van der Waals surface area contributed by atoms with Gasteiger partial charge in [-0.1, -0.05) is 12.1 Å². The van der Waals surface area contributed by atoms with E-state index in [4.69, 9.17) is 21.6 Å². The molecule has 18 heavy (non-hydrogen) atoms. The van der Waals surface area contributed by atoms with Crippen LogP contribution in [0.5, 0.6) is 6.01 Å². The van der Waals surface area contributed by atoms with Crippen molar-refractivity contribution in [2.24, 2.45) is 0 Å². The Morgan fingerprint density at radius 1 is 1.33 bits per heavy atom. The molecule has 5 nitrogen and oxygen atoms in total. The summed E-state index contributed by atoms with van der Waals surface area (Å²) in [5.41, 5.74) is 1.22. The van der Waals surface area contributed by atoms with Gasteiger partial charge in [0.05, 0.1) is 18.2 Å². The lowest BCUT2D eigenvalue weighted by Crippen LogP contribution is -2.01. The molecule has 90 valence electrons. The lowest BCUT2D eigenvalue weighted by Gasteiger charge is -2.04. The van der Waals surface area contributed by atoms with Crippen molar-refractivity contribution in [3.8, 4) is 23.5 Å². The van der Waals surface area contributed by atoms with Crippen molar-refractivity contribution in [3.63, 3.8) is 0 Å². The van der Waals surface area contributed by atoms with Crippen LogP contribution in [0.4, 0.5) is 0 Å². The van der Waals surface area contributed by atoms with Gasteiger partial charge < -0.3 is 4.74 Å². The molecule has 0 N–H and O–H groups in total. The van der Waals surface area contributed by atoms with E-state index in [2.05, 4.69) is 21.0 Å². The van der Waals surface area contributed by atoms with E-state index in [0.717, 1.165) is 0 Å². The van der Waals surface area contributed by atoms with Gasteiger partial charge in [-0.15, -0.1) is 0 Å². The van der Waals surface area contributed by atoms with E-state index < -0.39 is 0 Å². The van der Waals surface area contributed by atoms with Crippen LogP contribution in [0, 0.1) is 11.3 Å². The predicted octanol–water partition coefficient (Wildman–Crippen LogP) is 2.46. The van der Waals surface area contributed by atoms with E-state index >= 15 is 0 Å². The molecule has 0 bridgehead atoms. The Hall–Kier alpha value is -2.19. The molecule has 0 amide bonds. The van der Waals surface area contributed by atoms with E-state index in [1.54, 1.807) is 24.3 Å². The second-order valence-electron chi connectivity index (χ2n) is 3.34. The molecule has 0 aliphatic heterocycles. The maximum atomic E-state index is 8.85. The molecule has 1 aromatic carbocycles. The number of benzene rings is 1. The lowest BCUT2D eigenvalue weighted by atomic mass is 10.1. The van der Waals surface area contributed by atoms with Crippen LogP contribution >= 0.6 is 11.6 Å². The first-order valence-corrected chi connectivity index (χ1v) is 5.65. The van der Waals surface area contributed by atoms with Gasteiger partial charge in [0.1, 0.15) is 0 Å². The zero-order valence-electron chi connectivity index (χ0n) is 9.59. The second kappa shape index (κ2) is 5.43. The number of hydrogen-bond donors (Lipinski definition) is 0. The summed E-state index contributed by atoms with van der Waals surface area (Å²) >= 11 is 5.80. The highest BCUT2D eigenvalue weighted by atomic mass is 35.5. The zero-order valence-corrected chi connectivity index (χ0v) is 10.3. The minimum Gasteiger partial charge on any atom is -0.464 e. The number of aromatic nitrogens is 3. The van der Waals surface area contributed by atoms with E-state index in [1.165, 1.54) is 0 Å². The molecule has 0 radical (unpaired) electrons. The highest BCUT2D eigenvalue weighted by Gasteiger charge is 2.08. The third-order valence-electron chi connectivity index (χ3n) is 2.11. The quantitative estimate of drug-likeness (QED) is 0.848. The van der Waals surface area contributed by atoms with Gasteiger partial charge in [-0.3, -0.25) is 0 Å². The fraction of sp³-hybridized carbons (Fsp3) is 0.167. The van der Waals surface area contributed by atoms with Crippen LogP contribution in [-0.2, 0) is 0 Å². The Morgan fingerprint density at radius 2 is 2.17 bits per heavy atom. The van der Waals surface area contributed by atoms with E-state index in [0.29, 0.717) is 23.6 Å². The highest BCUT2D eigenvalue weighted by Crippen LogP contribution is 2.19. The number of nitrogens with zero attached hydrogens (tertiary/aromatic N) is 4. The maximum absolute atomic E-state index is 8.85. The molecule has 0 aliphatic carbocycles. The number of hydrogen-bond acceptors (Lipinski definition) is 5. The van der Waals surface area contributed by atoms with Crippen molar-refractivity contribution < 1.29 is 4.74 Å². The van der Waals surface area contributed by atoms with Crippen LogP contribution < -0.4 is 4.74 Å². The molecule has 2 aromatic rings. The number of ether oxygens (including phenoxy) is 1. The molecule has 0 spiro atoms. The SMILES string of the molecule is CCOc1nc(Cl)nc(-c2cccc(C#N)c2)n1. The summed E-state index contributed by atoms with van der Waals surface area (Å²) in [5.74, 6) is 0.385. The molecule has 0 saturated heterocycles. The topological polar surface area (TPSA) is 71.7 Å². The smallest absolute Gasteiger partial charge is 0.321 e. The van der Waals surface area contributed by atoms with Crippen LogP contribution in [0.25, 0.3) is 11.4 Å². The van der Waals surface area contributed by atoms with Gasteiger partial charge in [0.2, 0.25) is 5.28 Å². The monoisotopic (exact) mass is 260 g/mol. The van der Waals surface area contributed by atoms with Crippen molar-refractivity contribution >= 4 is 11.6 Å². The van der Waals surface area contributed by atoms with Gasteiger partial charge in [-0.05, 0) is 30.7 Å². The van der Waals surface area contributed by atoms with Crippen LogP contribution in [0.2, 0.25) is 5.28 Å². The number of nitriles is 1. The Kier molecular flexibility index (Phi) is 3.70. The molecule has 0 saturated carbocycles. The number of rotatable bonds is 3. The fourth-order valence-electron chi connectivity index (χ4n) is 1.38. The van der Waals surface area contributed by atoms with E-state index in [1.807, 2.05) is 6.92 Å². The molecular formula is C12H9ClN4O. The van der Waals surface area contributed by atoms with Crippen LogP contribution in [0.15, 0.2) is 24.3 Å². The average molecular weight is 261 g/mol. The Labute approximate surface area is 109 Å². The third-order valence-corrected chi connectivity index (χ3v) is 2.28. The molecule has 2 rings (SSSR count). The Balaban J connectivity index is 2.46. The zero-order chi connectivity index (χ0) is 13.0. The van der Waals surface area contributed by atoms with Crippen molar-refractivity contribution in [2.45, 2.75) is 6.92 Å². The van der Waals surface area contributed by atoms with E-state index in [-0.39, 0.29) is 11.3 Å². The van der Waals surface area contributed by atoms with Crippen molar-refractivity contribution in [3.05, 3.63) is 35.1 Å². The maximum Gasteiger partial charge on any atom is 0.321 e. The van der Waals surface area contributed by atoms with Crippen LogP contribution in [0.1, 0.15) is 12.5 Å². The summed E-state index contributed by atoms with van der Waals surface area (Å²) < 4.78 is 5.19. The molecule has 0 fully saturated rings. The van der Waals surface area contributed by atoms with Gasteiger partial charge >= 0.3 is 6.01 Å². The fourth-order valence-corrected chi connectivity index (χ4v) is 1.53. The second-order valence-corrected chi connectivity index (χ2v) is 3.67. The van der Waals surface area contributed by atoms with Gasteiger partial charge in [0.25, 0.3) is 0 Å². The van der Waals surface area contributed by atoms with Crippen molar-refractivity contribution in [2.75, 3.05) is 6.61 Å². The van der Waals surface area contributed by atoms with E-state index in [9.17, 15) is 0 Å². The molecule has 1 heterocycles. The van der Waals surface area contributed by atoms with Gasteiger partial charge in [-0.2, -0.15) is 20.2 Å². The van der Waals surface area contributed by atoms with Crippen molar-refractivity contribution in [1.82, 2.24) is 15.0 Å². The summed E-state index contributed by atoms with van der Waals surface area (Å²) in [5, 5.41) is 8.91. The third kappa shape index (κ3) is 2.73. The molecular weight excluding hydrogens is 252 g/mol. The summed E-state index contributed by atoms with van der Waals surface area (Å²) in [6.07, 6.45) is 0. The molecule has 0 atom stereocenters. The normalized spacial score (nSPS) is 9.83. The Bertz CT molecular complexity index is 609. The first kappa shape index (κ1) is 12.3. The molecule has 0 aliphatic rings. The minimum atomic E-state index is 0.0609. The molecule has 0 unspecified atom stereocenters. The minimum absolute atomic E-state index is 0.0609. The first-order valence-electron chi connectivity index (χ1n) is 5.28. The van der Waals surface area contributed by atoms with Crippen LogP contribution in [0.3, 0.4) is 0 Å². The summed E-state index contributed by atoms with van der Waals surface area (Å²) in [7, 11) is 0. The molecule has 1 aromatic heterocycles. The lowest BCUT2D eigenvalue weighted by molar-refractivity contribution is 0.312. The highest BCUT2D eigenvalue weighted by molar-refractivity contribution is 6.28. The summed E-state index contributed by atoms with van der Waals surface area (Å²) in [6, 6.07) is 9.17. The first-order chi connectivity index (χ1) is 8.72. The summed E-state index contributed by atoms with van der Waals surface area (Å²) in [6.45, 7) is 2.27. The van der Waals surface area contributed by atoms with Gasteiger partial charge in [0.15, 0.2) is 5.82 Å². The molecule has 6 heteroatoms. The largest absolute Gasteiger partial charge is 0.464 e. The van der Waals surface area contributed by atoms with Crippen molar-refractivity contribution in [1.29, 1.82) is 5.26 Å². The number of halogens is 1. The Morgan fingerprint density at radius 3 is 2.89 bits per heavy atom. The van der Waals surface area contributed by atoms with Gasteiger partial charge in [0, 0.05) is 5.56 Å². The summed E-state index contributed by atoms with van der Waals surface area (Å²) in [4.78, 5) is 12.0. The standard InChI is InChI=1S/C12H9ClN4O/c1-2-18-12-16-10(15-11(13)17-12)9-5-3-4-8(6-9)7-14/h3-6H,2H2,1H3.